The second-order valence-electron chi connectivity index (χ2n) is 3.51. The molecule has 2 nitrogen and oxygen atoms in total. The topological polar surface area (TPSA) is 40.5 Å². The molecule has 0 aromatic heterocycles. The summed E-state index contributed by atoms with van der Waals surface area (Å²) in [5, 5.41) is 17.6. The van der Waals surface area contributed by atoms with Gasteiger partial charge in [-0.3, -0.25) is 0 Å². The van der Waals surface area contributed by atoms with Crippen LogP contribution in [0.15, 0.2) is 0 Å². The highest BCUT2D eigenvalue weighted by molar-refractivity contribution is 4.59. The average Bonchev–Trinajstić information content (AvgIpc) is 2.00. The van der Waals surface area contributed by atoms with Gasteiger partial charge < -0.3 is 10.2 Å². The molecule has 0 aliphatic carbocycles. The minimum atomic E-state index is -1.11. The standard InChI is InChI=1S/C10H22O2/c1-3-5-7-9(6-4-2)8-10(11)12/h9-12H,3-8H2,1-2H3. The van der Waals surface area contributed by atoms with Gasteiger partial charge in [-0.2, -0.15) is 0 Å². The summed E-state index contributed by atoms with van der Waals surface area (Å²) in [6, 6.07) is 0. The van der Waals surface area contributed by atoms with Gasteiger partial charge in [0, 0.05) is 6.42 Å². The Hall–Kier alpha value is -0.0800. The van der Waals surface area contributed by atoms with Crippen LogP contribution in [0, 0.1) is 5.92 Å². The first-order chi connectivity index (χ1) is 5.70. The monoisotopic (exact) mass is 174 g/mol. The molecule has 0 aromatic carbocycles. The van der Waals surface area contributed by atoms with Crippen LogP contribution < -0.4 is 0 Å². The Morgan fingerprint density at radius 1 is 1.00 bits per heavy atom. The van der Waals surface area contributed by atoms with Gasteiger partial charge in [-0.1, -0.05) is 46.0 Å². The first-order valence-corrected chi connectivity index (χ1v) is 5.06. The van der Waals surface area contributed by atoms with E-state index in [9.17, 15) is 0 Å². The zero-order chi connectivity index (χ0) is 9.40. The summed E-state index contributed by atoms with van der Waals surface area (Å²) in [4.78, 5) is 0. The molecule has 0 aromatic rings. The van der Waals surface area contributed by atoms with Crippen molar-refractivity contribution in [1.82, 2.24) is 0 Å². The Morgan fingerprint density at radius 2 is 1.67 bits per heavy atom. The third-order valence-corrected chi connectivity index (χ3v) is 2.21. The van der Waals surface area contributed by atoms with E-state index >= 15 is 0 Å². The number of unbranched alkanes of at least 4 members (excludes halogenated alkanes) is 1. The Labute approximate surface area is 75.6 Å². The number of hydrogen-bond acceptors (Lipinski definition) is 2. The quantitative estimate of drug-likeness (QED) is 0.581. The van der Waals surface area contributed by atoms with Crippen molar-refractivity contribution in [3.05, 3.63) is 0 Å². The van der Waals surface area contributed by atoms with Crippen LogP contribution in [-0.2, 0) is 0 Å². The smallest absolute Gasteiger partial charge is 0.151 e. The van der Waals surface area contributed by atoms with Gasteiger partial charge in [0.05, 0.1) is 0 Å². The molecule has 0 radical (unpaired) electrons. The van der Waals surface area contributed by atoms with E-state index in [-0.39, 0.29) is 0 Å². The fourth-order valence-electron chi connectivity index (χ4n) is 1.58. The third kappa shape index (κ3) is 6.62. The van der Waals surface area contributed by atoms with Crippen LogP contribution in [0.2, 0.25) is 0 Å². The van der Waals surface area contributed by atoms with Crippen molar-refractivity contribution >= 4 is 0 Å². The molecule has 1 unspecified atom stereocenters. The van der Waals surface area contributed by atoms with Crippen LogP contribution in [0.25, 0.3) is 0 Å². The molecule has 0 bridgehead atoms. The lowest BCUT2D eigenvalue weighted by atomic mass is 9.94. The predicted molar refractivity (Wildman–Crippen MR) is 50.8 cm³/mol. The van der Waals surface area contributed by atoms with Gasteiger partial charge >= 0.3 is 0 Å². The summed E-state index contributed by atoms with van der Waals surface area (Å²) in [6.07, 6.45) is 5.24. The highest BCUT2D eigenvalue weighted by Gasteiger charge is 2.10. The molecule has 0 saturated carbocycles. The van der Waals surface area contributed by atoms with Crippen molar-refractivity contribution < 1.29 is 10.2 Å². The number of aliphatic hydroxyl groups is 2. The average molecular weight is 174 g/mol. The summed E-state index contributed by atoms with van der Waals surface area (Å²) in [6.45, 7) is 4.31. The molecule has 2 N–H and O–H groups in total. The first-order valence-electron chi connectivity index (χ1n) is 5.06. The summed E-state index contributed by atoms with van der Waals surface area (Å²) >= 11 is 0. The minimum absolute atomic E-state index is 0.509. The van der Waals surface area contributed by atoms with E-state index in [0.29, 0.717) is 12.3 Å². The van der Waals surface area contributed by atoms with E-state index in [1.807, 2.05) is 0 Å². The van der Waals surface area contributed by atoms with Crippen molar-refractivity contribution in [3.8, 4) is 0 Å². The highest BCUT2D eigenvalue weighted by Crippen LogP contribution is 2.19. The van der Waals surface area contributed by atoms with Gasteiger partial charge in [0.1, 0.15) is 0 Å². The van der Waals surface area contributed by atoms with E-state index in [1.54, 1.807) is 0 Å². The summed E-state index contributed by atoms with van der Waals surface area (Å²) in [7, 11) is 0. The molecule has 0 saturated heterocycles. The van der Waals surface area contributed by atoms with E-state index < -0.39 is 6.29 Å². The molecular formula is C10H22O2. The second-order valence-corrected chi connectivity index (χ2v) is 3.51. The van der Waals surface area contributed by atoms with E-state index in [1.165, 1.54) is 12.8 Å². The molecule has 0 aliphatic heterocycles. The van der Waals surface area contributed by atoms with Crippen LogP contribution in [0.4, 0.5) is 0 Å². The maximum Gasteiger partial charge on any atom is 0.151 e. The zero-order valence-corrected chi connectivity index (χ0v) is 8.29. The van der Waals surface area contributed by atoms with Crippen LogP contribution in [-0.4, -0.2) is 16.5 Å². The Kier molecular flexibility index (Phi) is 7.51. The summed E-state index contributed by atoms with van der Waals surface area (Å²) in [5.41, 5.74) is 0. The third-order valence-electron chi connectivity index (χ3n) is 2.21. The van der Waals surface area contributed by atoms with E-state index in [0.717, 1.165) is 19.3 Å². The molecule has 1 atom stereocenters. The second kappa shape index (κ2) is 7.56. The van der Waals surface area contributed by atoms with Crippen molar-refractivity contribution in [2.24, 2.45) is 5.92 Å². The van der Waals surface area contributed by atoms with Crippen molar-refractivity contribution in [1.29, 1.82) is 0 Å². The normalized spacial score (nSPS) is 13.8. The molecule has 0 aliphatic rings. The molecular weight excluding hydrogens is 152 g/mol. The Morgan fingerprint density at radius 3 is 2.08 bits per heavy atom. The molecule has 74 valence electrons. The fraction of sp³-hybridized carbons (Fsp3) is 1.00. The lowest BCUT2D eigenvalue weighted by Crippen LogP contribution is -2.12. The summed E-state index contributed by atoms with van der Waals surface area (Å²) in [5.74, 6) is 0.509. The van der Waals surface area contributed by atoms with Crippen LogP contribution in [0.5, 0.6) is 0 Å². The zero-order valence-electron chi connectivity index (χ0n) is 8.29. The Balaban J connectivity index is 3.54. The molecule has 0 fully saturated rings. The van der Waals surface area contributed by atoms with Crippen molar-refractivity contribution in [2.45, 2.75) is 58.7 Å². The van der Waals surface area contributed by atoms with Gasteiger partial charge in [0.2, 0.25) is 0 Å². The summed E-state index contributed by atoms with van der Waals surface area (Å²) < 4.78 is 0. The van der Waals surface area contributed by atoms with Crippen molar-refractivity contribution in [2.75, 3.05) is 0 Å². The van der Waals surface area contributed by atoms with Gasteiger partial charge in [-0.25, -0.2) is 0 Å². The predicted octanol–water partition coefficient (Wildman–Crippen LogP) is 2.29. The van der Waals surface area contributed by atoms with Gasteiger partial charge in [0.15, 0.2) is 6.29 Å². The molecule has 0 amide bonds. The van der Waals surface area contributed by atoms with E-state index in [4.69, 9.17) is 10.2 Å². The largest absolute Gasteiger partial charge is 0.368 e. The van der Waals surface area contributed by atoms with Crippen LogP contribution in [0.1, 0.15) is 52.4 Å². The number of hydrogen-bond donors (Lipinski definition) is 2. The lowest BCUT2D eigenvalue weighted by molar-refractivity contribution is -0.0574. The van der Waals surface area contributed by atoms with Crippen LogP contribution in [0.3, 0.4) is 0 Å². The number of rotatable bonds is 7. The highest BCUT2D eigenvalue weighted by atomic mass is 16.5. The van der Waals surface area contributed by atoms with Gasteiger partial charge in [-0.05, 0) is 5.92 Å². The maximum atomic E-state index is 8.80. The van der Waals surface area contributed by atoms with Crippen molar-refractivity contribution in [3.63, 3.8) is 0 Å². The van der Waals surface area contributed by atoms with Gasteiger partial charge in [-0.15, -0.1) is 0 Å². The first kappa shape index (κ1) is 11.9. The van der Waals surface area contributed by atoms with E-state index in [2.05, 4.69) is 13.8 Å². The molecule has 0 spiro atoms. The van der Waals surface area contributed by atoms with Crippen LogP contribution >= 0.6 is 0 Å². The maximum absolute atomic E-state index is 8.80. The SMILES string of the molecule is CCCCC(CCC)CC(O)O. The lowest BCUT2D eigenvalue weighted by Gasteiger charge is -2.16. The minimum Gasteiger partial charge on any atom is -0.368 e. The fourth-order valence-corrected chi connectivity index (χ4v) is 1.58. The molecule has 0 heterocycles. The molecule has 0 rings (SSSR count). The van der Waals surface area contributed by atoms with Gasteiger partial charge in [0.25, 0.3) is 0 Å². The Bertz CT molecular complexity index is 91.8. The molecule has 12 heavy (non-hydrogen) atoms. The number of aliphatic hydroxyl groups excluding tert-OH is 1. The molecule has 2 heteroatoms.